The minimum absolute atomic E-state index is 0.177. The summed E-state index contributed by atoms with van der Waals surface area (Å²) in [4.78, 5) is 35.0. The van der Waals surface area contributed by atoms with Crippen LogP contribution < -0.4 is 10.2 Å². The van der Waals surface area contributed by atoms with Gasteiger partial charge in [0.15, 0.2) is 17.0 Å². The summed E-state index contributed by atoms with van der Waals surface area (Å²) in [5, 5.41) is 4.07. The van der Waals surface area contributed by atoms with E-state index in [4.69, 9.17) is 28.2 Å². The molecule has 3 aromatic heterocycles. The predicted molar refractivity (Wildman–Crippen MR) is 149 cm³/mol. The number of pyridine rings is 1. The molecule has 9 nitrogen and oxygen atoms in total. The van der Waals surface area contributed by atoms with Crippen molar-refractivity contribution in [2.45, 2.75) is 0 Å². The third kappa shape index (κ3) is 4.62. The molecule has 5 aromatic rings. The fourth-order valence-corrected chi connectivity index (χ4v) is 4.86. The van der Waals surface area contributed by atoms with Gasteiger partial charge in [0, 0.05) is 48.6 Å². The van der Waals surface area contributed by atoms with E-state index in [-0.39, 0.29) is 6.03 Å². The molecular weight excluding hydrogens is 523 g/mol. The molecule has 1 fully saturated rings. The summed E-state index contributed by atoms with van der Waals surface area (Å²) in [7, 11) is 0. The standard InChI is InChI=1S/C27H22Cl2N8O/c28-18-8-10-19(11-9-18)37-24(20-5-1-2-6-21(20)29)34-23-25(31-17-32-26(23)37)35-13-15-36(16-14-35)27(38)33-22-7-3-4-12-30-22/h1-12,17H,13-16H2,(H,30,33,38). The lowest BCUT2D eigenvalue weighted by molar-refractivity contribution is 0.208. The molecule has 0 unspecified atom stereocenters. The van der Waals surface area contributed by atoms with E-state index in [0.717, 1.165) is 11.3 Å². The van der Waals surface area contributed by atoms with E-state index >= 15 is 0 Å². The predicted octanol–water partition coefficient (Wildman–Crippen LogP) is 5.54. The first-order chi connectivity index (χ1) is 18.6. The van der Waals surface area contributed by atoms with Gasteiger partial charge in [-0.2, -0.15) is 0 Å². The van der Waals surface area contributed by atoms with Crippen LogP contribution in [0.25, 0.3) is 28.2 Å². The fourth-order valence-electron chi connectivity index (χ4n) is 4.52. The number of halogens is 2. The lowest BCUT2D eigenvalue weighted by Crippen LogP contribution is -2.50. The van der Waals surface area contributed by atoms with Gasteiger partial charge in [0.2, 0.25) is 0 Å². The van der Waals surface area contributed by atoms with Gasteiger partial charge in [0.1, 0.15) is 18.0 Å². The van der Waals surface area contributed by atoms with E-state index in [1.165, 1.54) is 0 Å². The van der Waals surface area contributed by atoms with Crippen LogP contribution in [0.2, 0.25) is 10.0 Å². The van der Waals surface area contributed by atoms with Gasteiger partial charge < -0.3 is 9.80 Å². The van der Waals surface area contributed by atoms with Gasteiger partial charge in [0.25, 0.3) is 0 Å². The Kier molecular flexibility index (Phi) is 6.53. The van der Waals surface area contributed by atoms with E-state index in [9.17, 15) is 4.79 Å². The highest BCUT2D eigenvalue weighted by molar-refractivity contribution is 6.33. The van der Waals surface area contributed by atoms with Crippen molar-refractivity contribution in [3.63, 3.8) is 0 Å². The van der Waals surface area contributed by atoms with Crippen LogP contribution in [0.3, 0.4) is 0 Å². The van der Waals surface area contributed by atoms with E-state index in [0.29, 0.717) is 64.8 Å². The minimum Gasteiger partial charge on any atom is -0.351 e. The zero-order valence-corrected chi connectivity index (χ0v) is 21.6. The van der Waals surface area contributed by atoms with E-state index in [2.05, 4.69) is 25.2 Å². The topological polar surface area (TPSA) is 92.1 Å². The van der Waals surface area contributed by atoms with Crippen LogP contribution in [-0.2, 0) is 0 Å². The van der Waals surface area contributed by atoms with Crippen molar-refractivity contribution in [3.8, 4) is 17.1 Å². The summed E-state index contributed by atoms with van der Waals surface area (Å²) in [6, 6.07) is 20.3. The number of imidazole rings is 1. The summed E-state index contributed by atoms with van der Waals surface area (Å²) < 4.78 is 1.97. The Morgan fingerprint density at radius 3 is 2.34 bits per heavy atom. The van der Waals surface area contributed by atoms with Crippen LogP contribution in [0.15, 0.2) is 79.3 Å². The molecule has 1 aliphatic heterocycles. The smallest absolute Gasteiger partial charge is 0.323 e. The summed E-state index contributed by atoms with van der Waals surface area (Å²) >= 11 is 12.8. The Labute approximate surface area is 228 Å². The van der Waals surface area contributed by atoms with Gasteiger partial charge in [-0.05, 0) is 48.5 Å². The first-order valence-electron chi connectivity index (χ1n) is 12.0. The summed E-state index contributed by atoms with van der Waals surface area (Å²) in [6.07, 6.45) is 3.19. The van der Waals surface area contributed by atoms with Crippen molar-refractivity contribution >= 4 is 52.0 Å². The SMILES string of the molecule is O=C(Nc1ccccn1)N1CCN(c2ncnc3c2nc(-c2ccccc2Cl)n3-c2ccc(Cl)cc2)CC1. The molecule has 11 heteroatoms. The van der Waals surface area contributed by atoms with Crippen molar-refractivity contribution in [2.24, 2.45) is 0 Å². The molecule has 0 spiro atoms. The van der Waals surface area contributed by atoms with Gasteiger partial charge >= 0.3 is 6.03 Å². The lowest BCUT2D eigenvalue weighted by Gasteiger charge is -2.35. The monoisotopic (exact) mass is 544 g/mol. The summed E-state index contributed by atoms with van der Waals surface area (Å²) in [6.45, 7) is 2.24. The molecule has 2 aromatic carbocycles. The second-order valence-electron chi connectivity index (χ2n) is 8.72. The molecule has 1 N–H and O–H groups in total. The van der Waals surface area contributed by atoms with Crippen molar-refractivity contribution in [1.82, 2.24) is 29.4 Å². The zero-order chi connectivity index (χ0) is 26.1. The van der Waals surface area contributed by atoms with Crippen LogP contribution >= 0.6 is 23.2 Å². The van der Waals surface area contributed by atoms with Crippen LogP contribution in [-0.4, -0.2) is 61.6 Å². The number of nitrogens with one attached hydrogen (secondary N) is 1. The number of hydrogen-bond donors (Lipinski definition) is 1. The lowest BCUT2D eigenvalue weighted by atomic mass is 10.2. The molecule has 0 atom stereocenters. The third-order valence-electron chi connectivity index (χ3n) is 6.39. The molecule has 0 aliphatic carbocycles. The van der Waals surface area contributed by atoms with Crippen molar-refractivity contribution in [3.05, 3.63) is 89.3 Å². The normalized spacial score (nSPS) is 13.6. The number of benzene rings is 2. The first-order valence-corrected chi connectivity index (χ1v) is 12.8. The quantitative estimate of drug-likeness (QED) is 0.319. The maximum atomic E-state index is 12.7. The Morgan fingerprint density at radius 2 is 1.61 bits per heavy atom. The number of fused-ring (bicyclic) bond motifs is 1. The maximum absolute atomic E-state index is 12.7. The average molecular weight is 545 g/mol. The number of carbonyl (C=O) groups is 1. The molecule has 6 rings (SSSR count). The fraction of sp³-hybridized carbons (Fsp3) is 0.148. The number of urea groups is 1. The number of piperazine rings is 1. The molecule has 1 saturated heterocycles. The molecule has 0 bridgehead atoms. The molecule has 2 amide bonds. The molecule has 38 heavy (non-hydrogen) atoms. The largest absolute Gasteiger partial charge is 0.351 e. The van der Waals surface area contributed by atoms with Gasteiger partial charge in [-0.25, -0.2) is 24.7 Å². The number of aromatic nitrogens is 5. The average Bonchev–Trinajstić information content (AvgIpc) is 3.34. The zero-order valence-electron chi connectivity index (χ0n) is 20.1. The number of amides is 2. The highest BCUT2D eigenvalue weighted by Gasteiger charge is 2.26. The van der Waals surface area contributed by atoms with Crippen LogP contribution in [0.5, 0.6) is 0 Å². The van der Waals surface area contributed by atoms with E-state index in [1.54, 1.807) is 23.5 Å². The molecule has 190 valence electrons. The van der Waals surface area contributed by atoms with Gasteiger partial charge in [0.05, 0.1) is 5.02 Å². The molecule has 1 aliphatic rings. The number of nitrogens with zero attached hydrogens (tertiary/aromatic N) is 7. The van der Waals surface area contributed by atoms with Crippen LogP contribution in [0, 0.1) is 0 Å². The first kappa shape index (κ1) is 24.1. The molecule has 4 heterocycles. The molecule has 0 radical (unpaired) electrons. The second-order valence-corrected chi connectivity index (χ2v) is 9.56. The van der Waals surface area contributed by atoms with Crippen molar-refractivity contribution < 1.29 is 4.79 Å². The third-order valence-corrected chi connectivity index (χ3v) is 6.97. The second kappa shape index (κ2) is 10.3. The number of hydrogen-bond acceptors (Lipinski definition) is 6. The number of anilines is 2. The van der Waals surface area contributed by atoms with E-state index in [1.807, 2.05) is 65.2 Å². The Bertz CT molecular complexity index is 1600. The maximum Gasteiger partial charge on any atom is 0.323 e. The van der Waals surface area contributed by atoms with E-state index < -0.39 is 0 Å². The molecular formula is C27H22Cl2N8O. The Morgan fingerprint density at radius 1 is 0.842 bits per heavy atom. The summed E-state index contributed by atoms with van der Waals surface area (Å²) in [5.41, 5.74) is 2.95. The Balaban J connectivity index is 1.34. The van der Waals surface area contributed by atoms with Crippen LogP contribution in [0.1, 0.15) is 0 Å². The number of carbonyl (C=O) groups excluding carboxylic acids is 1. The highest BCUT2D eigenvalue weighted by atomic mass is 35.5. The summed E-state index contributed by atoms with van der Waals surface area (Å²) in [5.74, 6) is 1.89. The van der Waals surface area contributed by atoms with Gasteiger partial charge in [-0.1, -0.05) is 41.4 Å². The Hall–Kier alpha value is -4.21. The minimum atomic E-state index is -0.177. The van der Waals surface area contributed by atoms with Crippen LogP contribution in [0.4, 0.5) is 16.4 Å². The molecule has 0 saturated carbocycles. The van der Waals surface area contributed by atoms with Crippen molar-refractivity contribution in [1.29, 1.82) is 0 Å². The highest BCUT2D eigenvalue weighted by Crippen LogP contribution is 2.35. The van der Waals surface area contributed by atoms with Crippen molar-refractivity contribution in [2.75, 3.05) is 36.4 Å². The van der Waals surface area contributed by atoms with Gasteiger partial charge in [-0.15, -0.1) is 0 Å². The number of rotatable bonds is 4. The van der Waals surface area contributed by atoms with Gasteiger partial charge in [-0.3, -0.25) is 9.88 Å².